The van der Waals surface area contributed by atoms with Crippen molar-refractivity contribution in [2.24, 2.45) is 18.0 Å². The first kappa shape index (κ1) is 32.3. The number of hydrogen-bond donors (Lipinski definition) is 1. The number of amides is 3. The number of carbonyl (C=O) groups excluding carboxylic acids is 4. The number of ether oxygens (including phenoxy) is 1. The minimum atomic E-state index is -0.968. The van der Waals surface area contributed by atoms with Crippen LogP contribution in [0.4, 0.5) is 0 Å². The molecule has 5 rings (SSSR count). The molecule has 0 fully saturated rings. The monoisotopic (exact) mass is 622 g/mol. The molecule has 0 bridgehead atoms. The van der Waals surface area contributed by atoms with Crippen LogP contribution < -0.4 is 9.88 Å². The molecular weight excluding hydrogens is 582 g/mol. The zero-order valence-electron chi connectivity index (χ0n) is 26.8. The minimum Gasteiger partial charge on any atom is -0.473 e. The van der Waals surface area contributed by atoms with Crippen molar-refractivity contribution in [1.82, 2.24) is 15.1 Å². The molecule has 46 heavy (non-hydrogen) atoms. The number of pyridine rings is 1. The largest absolute Gasteiger partial charge is 0.473 e. The van der Waals surface area contributed by atoms with Crippen molar-refractivity contribution < 1.29 is 28.5 Å². The smallest absolute Gasteiger partial charge is 0.264 e. The van der Waals surface area contributed by atoms with Gasteiger partial charge in [0.25, 0.3) is 17.7 Å². The lowest BCUT2D eigenvalue weighted by atomic mass is 9.96. The number of aryl methyl sites for hydroxylation is 1. The molecule has 10 nitrogen and oxygen atoms in total. The summed E-state index contributed by atoms with van der Waals surface area (Å²) in [6.07, 6.45) is 5.41. The Morgan fingerprint density at radius 2 is 1.70 bits per heavy atom. The zero-order valence-corrected chi connectivity index (χ0v) is 26.8. The molecule has 238 valence electrons. The second kappa shape index (κ2) is 13.5. The number of aliphatic imine (C=N–C) groups is 1. The SMILES string of the molecule is CC(C)C1C(=O)N(CC(=O)N[C@@H](Cc2ccccc2)C(=O)C2=NC(C)(C)CO2)C(c2ccccc2)=CN1C(=O)c1ccc[n+](C)c1. The van der Waals surface area contributed by atoms with Crippen molar-refractivity contribution >= 4 is 35.1 Å². The van der Waals surface area contributed by atoms with Crippen molar-refractivity contribution in [2.45, 2.75) is 51.7 Å². The van der Waals surface area contributed by atoms with Crippen molar-refractivity contribution in [2.75, 3.05) is 13.2 Å². The average molecular weight is 623 g/mol. The van der Waals surface area contributed by atoms with Crippen LogP contribution in [0.15, 0.2) is 96.4 Å². The Hall–Kier alpha value is -5.12. The van der Waals surface area contributed by atoms with Crippen LogP contribution in [0.5, 0.6) is 0 Å². The van der Waals surface area contributed by atoms with Gasteiger partial charge in [-0.05, 0) is 37.0 Å². The Kier molecular flexibility index (Phi) is 9.46. The Bertz CT molecular complexity index is 1680. The first-order valence-electron chi connectivity index (χ1n) is 15.4. The van der Waals surface area contributed by atoms with E-state index in [-0.39, 0.29) is 37.3 Å². The van der Waals surface area contributed by atoms with Gasteiger partial charge < -0.3 is 10.1 Å². The van der Waals surface area contributed by atoms with E-state index in [1.54, 1.807) is 29.1 Å². The summed E-state index contributed by atoms with van der Waals surface area (Å²) in [6.45, 7) is 7.38. The van der Waals surface area contributed by atoms with E-state index in [2.05, 4.69) is 10.3 Å². The summed E-state index contributed by atoms with van der Waals surface area (Å²) in [5.74, 6) is -1.96. The average Bonchev–Trinajstić information content (AvgIpc) is 3.40. The number of hydrogen-bond acceptors (Lipinski definition) is 6. The fraction of sp³-hybridized carbons (Fsp3) is 0.333. The van der Waals surface area contributed by atoms with Gasteiger partial charge in [-0.2, -0.15) is 0 Å². The van der Waals surface area contributed by atoms with Crippen molar-refractivity contribution in [3.8, 4) is 0 Å². The maximum Gasteiger partial charge on any atom is 0.264 e. The number of carbonyl (C=O) groups is 4. The Labute approximate surface area is 269 Å². The molecule has 3 amide bonds. The topological polar surface area (TPSA) is 112 Å². The molecule has 1 unspecified atom stereocenters. The van der Waals surface area contributed by atoms with Gasteiger partial charge >= 0.3 is 0 Å². The van der Waals surface area contributed by atoms with Crippen LogP contribution in [-0.2, 0) is 32.6 Å². The first-order valence-corrected chi connectivity index (χ1v) is 15.4. The summed E-state index contributed by atoms with van der Waals surface area (Å²) >= 11 is 0. The molecule has 2 aliphatic heterocycles. The predicted molar refractivity (Wildman–Crippen MR) is 173 cm³/mol. The molecule has 3 heterocycles. The Balaban J connectivity index is 1.47. The molecule has 10 heteroatoms. The van der Waals surface area contributed by atoms with Gasteiger partial charge in [0.1, 0.15) is 37.8 Å². The standard InChI is InChI=1S/C36H39N5O5/c1-24(2)31-35(45)40(29(26-15-10-7-11-16-26)21-41(31)34(44)27-17-12-18-39(5)20-27)22-30(42)37-28(19-25-13-8-6-9-14-25)32(43)33-38-36(3,4)23-46-33/h6-18,20-21,24,28,31H,19,22-23H2,1-5H3/p+1/t28-,31?/m0/s1. The summed E-state index contributed by atoms with van der Waals surface area (Å²) in [5.41, 5.74) is 1.80. The maximum absolute atomic E-state index is 14.3. The summed E-state index contributed by atoms with van der Waals surface area (Å²) < 4.78 is 7.40. The highest BCUT2D eigenvalue weighted by molar-refractivity contribution is 6.39. The van der Waals surface area contributed by atoms with Crippen molar-refractivity contribution in [3.05, 3.63) is 108 Å². The number of ketones is 1. The van der Waals surface area contributed by atoms with Gasteiger partial charge in [0, 0.05) is 18.7 Å². The van der Waals surface area contributed by atoms with Crippen molar-refractivity contribution in [3.63, 3.8) is 0 Å². The fourth-order valence-corrected chi connectivity index (χ4v) is 5.64. The third-order valence-electron chi connectivity index (χ3n) is 7.91. The van der Waals surface area contributed by atoms with Gasteiger partial charge in [0.2, 0.25) is 11.7 Å². The number of aromatic nitrogens is 1. The molecule has 2 atom stereocenters. The van der Waals surface area contributed by atoms with Gasteiger partial charge in [0.15, 0.2) is 12.4 Å². The van der Waals surface area contributed by atoms with Gasteiger partial charge in [-0.15, -0.1) is 0 Å². The van der Waals surface area contributed by atoms with E-state index >= 15 is 0 Å². The number of nitrogens with zero attached hydrogens (tertiary/aromatic N) is 4. The highest BCUT2D eigenvalue weighted by Crippen LogP contribution is 2.31. The van der Waals surface area contributed by atoms with Crippen LogP contribution in [0, 0.1) is 5.92 Å². The van der Waals surface area contributed by atoms with E-state index in [1.165, 1.54) is 9.80 Å². The summed E-state index contributed by atoms with van der Waals surface area (Å²) in [6, 6.07) is 20.2. The van der Waals surface area contributed by atoms with Crippen LogP contribution in [-0.4, -0.2) is 70.0 Å². The third-order valence-corrected chi connectivity index (χ3v) is 7.91. The summed E-state index contributed by atoms with van der Waals surface area (Å²) in [7, 11) is 1.83. The molecule has 2 aromatic carbocycles. The molecular formula is C36H40N5O5+. The fourth-order valence-electron chi connectivity index (χ4n) is 5.64. The normalized spacial score (nSPS) is 18.0. The van der Waals surface area contributed by atoms with Crippen LogP contribution in [0.3, 0.4) is 0 Å². The van der Waals surface area contributed by atoms with Gasteiger partial charge in [-0.3, -0.25) is 29.0 Å². The molecule has 0 spiro atoms. The van der Waals surface area contributed by atoms with Crippen LogP contribution >= 0.6 is 0 Å². The number of benzene rings is 2. The molecule has 0 aliphatic carbocycles. The number of nitrogens with one attached hydrogen (secondary N) is 1. The third kappa shape index (κ3) is 7.22. The quantitative estimate of drug-likeness (QED) is 0.349. The molecule has 1 aromatic heterocycles. The molecule has 1 N–H and O–H groups in total. The number of Topliss-reactive ketones (excluding diaryl/α,β-unsaturated/α-hetero) is 1. The summed E-state index contributed by atoms with van der Waals surface area (Å²) in [5, 5.41) is 2.87. The van der Waals surface area contributed by atoms with Crippen LogP contribution in [0.25, 0.3) is 5.70 Å². The van der Waals surface area contributed by atoms with Crippen LogP contribution in [0.2, 0.25) is 0 Å². The van der Waals surface area contributed by atoms with E-state index in [0.717, 1.165) is 5.56 Å². The van der Waals surface area contributed by atoms with Gasteiger partial charge in [-0.25, -0.2) is 9.56 Å². The van der Waals surface area contributed by atoms with E-state index in [1.807, 2.05) is 102 Å². The minimum absolute atomic E-state index is 0.0199. The molecule has 0 saturated carbocycles. The van der Waals surface area contributed by atoms with Gasteiger partial charge in [0.05, 0.1) is 11.2 Å². The lowest BCUT2D eigenvalue weighted by Gasteiger charge is -2.41. The number of rotatable bonds is 10. The Morgan fingerprint density at radius 1 is 1.02 bits per heavy atom. The zero-order chi connectivity index (χ0) is 33.0. The van der Waals surface area contributed by atoms with Crippen molar-refractivity contribution in [1.29, 1.82) is 0 Å². The molecule has 0 saturated heterocycles. The molecule has 2 aliphatic rings. The lowest BCUT2D eigenvalue weighted by molar-refractivity contribution is -0.671. The summed E-state index contributed by atoms with van der Waals surface area (Å²) in [4.78, 5) is 62.8. The van der Waals surface area contributed by atoms with E-state index in [9.17, 15) is 19.2 Å². The maximum atomic E-state index is 14.3. The van der Waals surface area contributed by atoms with E-state index < -0.39 is 35.2 Å². The van der Waals surface area contributed by atoms with Crippen LogP contribution in [0.1, 0.15) is 49.2 Å². The molecule has 3 aromatic rings. The second-order valence-corrected chi connectivity index (χ2v) is 12.7. The predicted octanol–water partition coefficient (Wildman–Crippen LogP) is 3.32. The highest BCUT2D eigenvalue weighted by atomic mass is 16.5. The Morgan fingerprint density at radius 3 is 2.30 bits per heavy atom. The van der Waals surface area contributed by atoms with E-state index in [0.29, 0.717) is 16.8 Å². The molecule has 0 radical (unpaired) electrons. The van der Waals surface area contributed by atoms with Gasteiger partial charge in [-0.1, -0.05) is 74.5 Å². The first-order chi connectivity index (χ1) is 21.9. The van der Waals surface area contributed by atoms with E-state index in [4.69, 9.17) is 4.74 Å². The second-order valence-electron chi connectivity index (χ2n) is 12.7. The highest BCUT2D eigenvalue weighted by Gasteiger charge is 2.42. The lowest BCUT2D eigenvalue weighted by Crippen LogP contribution is -2.57.